The highest BCUT2D eigenvalue weighted by Crippen LogP contribution is 2.26. The van der Waals surface area contributed by atoms with Gasteiger partial charge in [-0.25, -0.2) is 4.39 Å². The Labute approximate surface area is 147 Å². The van der Waals surface area contributed by atoms with Crippen molar-refractivity contribution in [3.05, 3.63) is 83.0 Å². The van der Waals surface area contributed by atoms with Gasteiger partial charge in [-0.3, -0.25) is 4.79 Å². The van der Waals surface area contributed by atoms with Crippen molar-refractivity contribution in [2.75, 3.05) is 5.32 Å². The Hall–Kier alpha value is -2.24. The van der Waals surface area contributed by atoms with E-state index in [4.69, 9.17) is 16.0 Å². The number of rotatable bonds is 5. The highest BCUT2D eigenvalue weighted by atomic mass is 35.5. The number of benzene rings is 2. The van der Waals surface area contributed by atoms with Crippen LogP contribution in [0.2, 0.25) is 5.02 Å². The van der Waals surface area contributed by atoms with E-state index >= 15 is 0 Å². The van der Waals surface area contributed by atoms with Crippen LogP contribution in [0.4, 0.5) is 10.1 Å². The summed E-state index contributed by atoms with van der Waals surface area (Å²) in [7, 11) is 0. The van der Waals surface area contributed by atoms with Gasteiger partial charge >= 0.3 is 0 Å². The summed E-state index contributed by atoms with van der Waals surface area (Å²) >= 11 is 7.30. The third kappa shape index (κ3) is 3.80. The first kappa shape index (κ1) is 16.6. The predicted molar refractivity (Wildman–Crippen MR) is 94.1 cm³/mol. The molecule has 0 radical (unpaired) electrons. The van der Waals surface area contributed by atoms with Gasteiger partial charge in [0.05, 0.1) is 17.0 Å². The first-order valence-corrected chi connectivity index (χ1v) is 8.51. The van der Waals surface area contributed by atoms with Gasteiger partial charge in [0.25, 0.3) is 5.91 Å². The van der Waals surface area contributed by atoms with Crippen LogP contribution in [-0.4, -0.2) is 5.91 Å². The highest BCUT2D eigenvalue weighted by molar-refractivity contribution is 7.98. The van der Waals surface area contributed by atoms with E-state index in [1.165, 1.54) is 18.4 Å². The van der Waals surface area contributed by atoms with E-state index < -0.39 is 11.7 Å². The van der Waals surface area contributed by atoms with Gasteiger partial charge in [0.1, 0.15) is 0 Å². The molecular formula is C18H13ClFNO2S. The molecule has 0 aliphatic carbocycles. The zero-order chi connectivity index (χ0) is 16.9. The quantitative estimate of drug-likeness (QED) is 0.600. The smallest absolute Gasteiger partial charge is 0.291 e. The van der Waals surface area contributed by atoms with Crippen molar-refractivity contribution in [1.82, 2.24) is 0 Å². The van der Waals surface area contributed by atoms with Crippen molar-refractivity contribution in [3.63, 3.8) is 0 Å². The van der Waals surface area contributed by atoms with Gasteiger partial charge in [-0.05, 0) is 30.3 Å². The lowest BCUT2D eigenvalue weighted by atomic mass is 10.2. The average molecular weight is 362 g/mol. The lowest BCUT2D eigenvalue weighted by Crippen LogP contribution is -2.13. The number of thioether (sulfide) groups is 1. The van der Waals surface area contributed by atoms with E-state index in [1.54, 1.807) is 23.9 Å². The molecule has 0 aliphatic heterocycles. The Morgan fingerprint density at radius 2 is 1.92 bits per heavy atom. The molecule has 3 nitrogen and oxygen atoms in total. The number of amides is 1. The molecule has 0 unspecified atom stereocenters. The monoisotopic (exact) mass is 361 g/mol. The van der Waals surface area contributed by atoms with Gasteiger partial charge in [0, 0.05) is 16.2 Å². The molecule has 3 rings (SSSR count). The molecule has 122 valence electrons. The topological polar surface area (TPSA) is 42.2 Å². The number of furan rings is 1. The third-order valence-corrected chi connectivity index (χ3v) is 4.64. The van der Waals surface area contributed by atoms with Crippen LogP contribution in [0, 0.1) is 5.82 Å². The molecule has 6 heteroatoms. The Balaban J connectivity index is 1.72. The Morgan fingerprint density at radius 1 is 1.12 bits per heavy atom. The van der Waals surface area contributed by atoms with Crippen molar-refractivity contribution in [3.8, 4) is 0 Å². The summed E-state index contributed by atoms with van der Waals surface area (Å²) < 4.78 is 19.2. The number of halogens is 2. The molecule has 24 heavy (non-hydrogen) atoms. The van der Waals surface area contributed by atoms with E-state index in [2.05, 4.69) is 5.32 Å². The summed E-state index contributed by atoms with van der Waals surface area (Å²) in [5.41, 5.74) is 0.759. The fraction of sp³-hybridized carbons (Fsp3) is 0.0556. The number of hydrogen-bond acceptors (Lipinski definition) is 3. The van der Waals surface area contributed by atoms with Crippen LogP contribution in [0.15, 0.2) is 70.2 Å². The van der Waals surface area contributed by atoms with E-state index in [9.17, 15) is 9.18 Å². The molecule has 0 saturated heterocycles. The summed E-state index contributed by atoms with van der Waals surface area (Å²) in [5.74, 6) is -0.441. The molecule has 1 heterocycles. The normalized spacial score (nSPS) is 10.6. The zero-order valence-corrected chi connectivity index (χ0v) is 14.0. The van der Waals surface area contributed by atoms with Crippen LogP contribution in [-0.2, 0) is 5.75 Å². The van der Waals surface area contributed by atoms with E-state index in [1.807, 2.05) is 30.3 Å². The van der Waals surface area contributed by atoms with E-state index in [0.29, 0.717) is 5.75 Å². The highest BCUT2D eigenvalue weighted by Gasteiger charge is 2.18. The SMILES string of the molecule is O=C(Nc1cccc(Cl)c1F)c1occc1CSc1ccccc1. The zero-order valence-electron chi connectivity index (χ0n) is 12.5. The van der Waals surface area contributed by atoms with Crippen molar-refractivity contribution >= 4 is 35.0 Å². The molecule has 1 N–H and O–H groups in total. The molecule has 0 saturated carbocycles. The number of hydrogen-bond donors (Lipinski definition) is 1. The van der Waals surface area contributed by atoms with Gasteiger partial charge in [0.2, 0.25) is 0 Å². The maximum atomic E-state index is 13.9. The van der Waals surface area contributed by atoms with Crippen molar-refractivity contribution in [2.24, 2.45) is 0 Å². The minimum absolute atomic E-state index is 0.0190. The number of anilines is 1. The molecule has 0 atom stereocenters. The summed E-state index contributed by atoms with van der Waals surface area (Å²) in [6.07, 6.45) is 1.45. The van der Waals surface area contributed by atoms with Gasteiger partial charge in [-0.1, -0.05) is 35.9 Å². The van der Waals surface area contributed by atoms with Crippen LogP contribution >= 0.6 is 23.4 Å². The number of carbonyl (C=O) groups is 1. The van der Waals surface area contributed by atoms with Crippen LogP contribution in [0.1, 0.15) is 16.1 Å². The van der Waals surface area contributed by atoms with Gasteiger partial charge < -0.3 is 9.73 Å². The van der Waals surface area contributed by atoms with E-state index in [0.717, 1.165) is 10.5 Å². The van der Waals surface area contributed by atoms with Gasteiger partial charge in [0.15, 0.2) is 11.6 Å². The maximum absolute atomic E-state index is 13.9. The first-order valence-electron chi connectivity index (χ1n) is 7.14. The summed E-state index contributed by atoms with van der Waals surface area (Å²) in [6, 6.07) is 16.0. The maximum Gasteiger partial charge on any atom is 0.291 e. The Bertz CT molecular complexity index is 851. The predicted octanol–water partition coefficient (Wildman–Crippen LogP) is 5.62. The molecular weight excluding hydrogens is 349 g/mol. The van der Waals surface area contributed by atoms with Crippen LogP contribution < -0.4 is 5.32 Å². The van der Waals surface area contributed by atoms with Crippen LogP contribution in [0.25, 0.3) is 0 Å². The molecule has 2 aromatic carbocycles. The molecule has 0 spiro atoms. The van der Waals surface area contributed by atoms with Gasteiger partial charge in [-0.2, -0.15) is 0 Å². The first-order chi connectivity index (χ1) is 11.6. The lowest BCUT2D eigenvalue weighted by molar-refractivity contribution is 0.0995. The van der Waals surface area contributed by atoms with Crippen molar-refractivity contribution < 1.29 is 13.6 Å². The number of carbonyl (C=O) groups excluding carboxylic acids is 1. The van der Waals surface area contributed by atoms with Crippen LogP contribution in [0.5, 0.6) is 0 Å². The molecule has 1 aromatic heterocycles. The molecule has 0 aliphatic rings. The molecule has 0 bridgehead atoms. The largest absolute Gasteiger partial charge is 0.459 e. The second-order valence-electron chi connectivity index (χ2n) is 4.93. The van der Waals surface area contributed by atoms with Gasteiger partial charge in [-0.15, -0.1) is 11.8 Å². The third-order valence-electron chi connectivity index (χ3n) is 3.29. The van der Waals surface area contributed by atoms with Crippen molar-refractivity contribution in [1.29, 1.82) is 0 Å². The fourth-order valence-corrected chi connectivity index (χ4v) is 3.18. The molecule has 3 aromatic rings. The number of nitrogens with one attached hydrogen (secondary N) is 1. The lowest BCUT2D eigenvalue weighted by Gasteiger charge is -2.07. The fourth-order valence-electron chi connectivity index (χ4n) is 2.11. The standard InChI is InChI=1S/C18H13ClFNO2S/c19-14-7-4-8-15(16(14)20)21-18(22)17-12(9-10-23-17)11-24-13-5-2-1-3-6-13/h1-10H,11H2,(H,21,22). The Morgan fingerprint density at radius 3 is 2.71 bits per heavy atom. The van der Waals surface area contributed by atoms with Crippen LogP contribution in [0.3, 0.4) is 0 Å². The van der Waals surface area contributed by atoms with Crippen molar-refractivity contribution in [2.45, 2.75) is 10.6 Å². The molecule has 1 amide bonds. The summed E-state index contributed by atoms with van der Waals surface area (Å²) in [4.78, 5) is 13.4. The molecule has 0 fully saturated rings. The second-order valence-corrected chi connectivity index (χ2v) is 6.39. The minimum Gasteiger partial charge on any atom is -0.459 e. The van der Waals surface area contributed by atoms with E-state index in [-0.39, 0.29) is 16.5 Å². The second kappa shape index (κ2) is 7.55. The average Bonchev–Trinajstić information content (AvgIpc) is 3.07. The Kier molecular flexibility index (Phi) is 5.23. The minimum atomic E-state index is -0.667. The summed E-state index contributed by atoms with van der Waals surface area (Å²) in [6.45, 7) is 0. The summed E-state index contributed by atoms with van der Waals surface area (Å²) in [5, 5.41) is 2.44.